The summed E-state index contributed by atoms with van der Waals surface area (Å²) in [5, 5.41) is 5.60. The summed E-state index contributed by atoms with van der Waals surface area (Å²) in [6.45, 7) is 1.62. The number of anilines is 1. The van der Waals surface area contributed by atoms with E-state index in [-0.39, 0.29) is 12.5 Å². The molecule has 1 aliphatic carbocycles. The summed E-state index contributed by atoms with van der Waals surface area (Å²) in [5.74, 6) is -0.729. The Kier molecular flexibility index (Phi) is 4.71. The van der Waals surface area contributed by atoms with Gasteiger partial charge < -0.3 is 10.6 Å². The van der Waals surface area contributed by atoms with Gasteiger partial charge in [0.15, 0.2) is 0 Å². The van der Waals surface area contributed by atoms with Crippen LogP contribution in [0, 0.1) is 6.92 Å². The highest BCUT2D eigenvalue weighted by Crippen LogP contribution is 2.33. The van der Waals surface area contributed by atoms with Crippen LogP contribution in [0.25, 0.3) is 0 Å². The van der Waals surface area contributed by atoms with Crippen molar-refractivity contribution >= 4 is 39.5 Å². The van der Waals surface area contributed by atoms with Gasteiger partial charge in [0.05, 0.1) is 0 Å². The molecule has 4 amide bonds. The minimum Gasteiger partial charge on any atom is -0.325 e. The first kappa shape index (κ1) is 18.7. The molecule has 1 spiro atoms. The van der Waals surface area contributed by atoms with E-state index in [4.69, 9.17) is 0 Å². The number of benzene rings is 2. The number of urea groups is 1. The number of amides is 4. The van der Waals surface area contributed by atoms with Crippen molar-refractivity contribution in [3.63, 3.8) is 0 Å². The van der Waals surface area contributed by atoms with Crippen molar-refractivity contribution in [1.82, 2.24) is 10.2 Å². The van der Waals surface area contributed by atoms with Crippen molar-refractivity contribution in [2.75, 3.05) is 11.9 Å². The molecule has 0 aromatic heterocycles. The Labute approximate surface area is 171 Å². The molecule has 7 heteroatoms. The van der Waals surface area contributed by atoms with E-state index in [1.54, 1.807) is 6.07 Å². The Morgan fingerprint density at radius 1 is 1.21 bits per heavy atom. The lowest BCUT2D eigenvalue weighted by Gasteiger charge is -2.32. The summed E-state index contributed by atoms with van der Waals surface area (Å²) in [4.78, 5) is 39.0. The highest BCUT2D eigenvalue weighted by atomic mass is 79.9. The van der Waals surface area contributed by atoms with Crippen LogP contribution in [0.5, 0.6) is 0 Å². The van der Waals surface area contributed by atoms with Crippen LogP contribution in [0.2, 0.25) is 0 Å². The largest absolute Gasteiger partial charge is 0.325 e. The Hall–Kier alpha value is -2.67. The maximum Gasteiger partial charge on any atom is 0.325 e. The number of rotatable bonds is 3. The molecule has 28 heavy (non-hydrogen) atoms. The zero-order valence-corrected chi connectivity index (χ0v) is 17.0. The molecule has 2 N–H and O–H groups in total. The fourth-order valence-electron chi connectivity index (χ4n) is 3.91. The van der Waals surface area contributed by atoms with Crippen LogP contribution in [0.4, 0.5) is 10.5 Å². The smallest absolute Gasteiger partial charge is 0.325 e. The first-order chi connectivity index (χ1) is 13.4. The molecule has 2 aromatic carbocycles. The second-order valence-corrected chi connectivity index (χ2v) is 8.22. The van der Waals surface area contributed by atoms with E-state index in [0.717, 1.165) is 26.9 Å². The minimum absolute atomic E-state index is 0.302. The van der Waals surface area contributed by atoms with Crippen LogP contribution >= 0.6 is 15.9 Å². The monoisotopic (exact) mass is 441 g/mol. The Morgan fingerprint density at radius 2 is 1.96 bits per heavy atom. The van der Waals surface area contributed by atoms with E-state index in [9.17, 15) is 14.4 Å². The van der Waals surface area contributed by atoms with Gasteiger partial charge in [-0.2, -0.15) is 0 Å². The molecule has 0 saturated carbocycles. The molecule has 6 nitrogen and oxygen atoms in total. The Bertz CT molecular complexity index is 991. The van der Waals surface area contributed by atoms with Crippen molar-refractivity contribution in [3.8, 4) is 0 Å². The van der Waals surface area contributed by atoms with Gasteiger partial charge in [0.2, 0.25) is 5.91 Å². The van der Waals surface area contributed by atoms with Crippen molar-refractivity contribution in [3.05, 3.63) is 63.6 Å². The Morgan fingerprint density at radius 3 is 2.71 bits per heavy atom. The number of imide groups is 1. The van der Waals surface area contributed by atoms with E-state index >= 15 is 0 Å². The predicted octanol–water partition coefficient (Wildman–Crippen LogP) is 3.18. The van der Waals surface area contributed by atoms with E-state index in [2.05, 4.69) is 32.6 Å². The van der Waals surface area contributed by atoms with Gasteiger partial charge in [-0.25, -0.2) is 4.79 Å². The zero-order chi connectivity index (χ0) is 19.9. The van der Waals surface area contributed by atoms with Crippen molar-refractivity contribution < 1.29 is 14.4 Å². The SMILES string of the molecule is Cc1cc(NC(=O)CN2C(=O)NC3(CCc4ccccc4C3)C2=O)ccc1Br. The third-order valence-corrected chi connectivity index (χ3v) is 6.31. The van der Waals surface area contributed by atoms with E-state index < -0.39 is 17.5 Å². The number of fused-ring (bicyclic) bond motifs is 1. The zero-order valence-electron chi connectivity index (χ0n) is 15.4. The molecule has 1 unspecified atom stereocenters. The lowest BCUT2D eigenvalue weighted by molar-refractivity contribution is -0.134. The lowest BCUT2D eigenvalue weighted by atomic mass is 9.78. The third-order valence-electron chi connectivity index (χ3n) is 5.42. The van der Waals surface area contributed by atoms with Gasteiger partial charge in [0.1, 0.15) is 12.1 Å². The number of nitrogens with one attached hydrogen (secondary N) is 2. The number of nitrogens with zero attached hydrogens (tertiary/aromatic N) is 1. The minimum atomic E-state index is -0.945. The number of halogens is 1. The van der Waals surface area contributed by atoms with Gasteiger partial charge in [0.25, 0.3) is 5.91 Å². The molecule has 0 radical (unpaired) electrons. The van der Waals surface area contributed by atoms with Gasteiger partial charge >= 0.3 is 6.03 Å². The van der Waals surface area contributed by atoms with Gasteiger partial charge in [-0.15, -0.1) is 0 Å². The quantitative estimate of drug-likeness (QED) is 0.717. The van der Waals surface area contributed by atoms with E-state index in [0.29, 0.717) is 18.5 Å². The number of carbonyl (C=O) groups excluding carboxylic acids is 3. The number of carbonyl (C=O) groups is 3. The molecular weight excluding hydrogens is 422 g/mol. The first-order valence-corrected chi connectivity index (χ1v) is 9.94. The highest BCUT2D eigenvalue weighted by Gasteiger charge is 2.52. The number of hydrogen-bond acceptors (Lipinski definition) is 3. The average molecular weight is 442 g/mol. The average Bonchev–Trinajstić information content (AvgIpc) is 2.88. The molecule has 0 bridgehead atoms. The van der Waals surface area contributed by atoms with Crippen LogP contribution in [-0.4, -0.2) is 34.8 Å². The van der Waals surface area contributed by atoms with Crippen LogP contribution in [0.3, 0.4) is 0 Å². The first-order valence-electron chi connectivity index (χ1n) is 9.15. The molecule has 4 rings (SSSR count). The Balaban J connectivity index is 1.47. The normalized spacial score (nSPS) is 20.9. The van der Waals surface area contributed by atoms with Crippen LogP contribution in [0.1, 0.15) is 23.1 Å². The molecule has 2 aliphatic rings. The molecule has 1 aliphatic heterocycles. The highest BCUT2D eigenvalue weighted by molar-refractivity contribution is 9.10. The second kappa shape index (κ2) is 7.05. The fraction of sp³-hybridized carbons (Fsp3) is 0.286. The van der Waals surface area contributed by atoms with Gasteiger partial charge in [-0.05, 0) is 54.7 Å². The number of aryl methyl sites for hydroxylation is 2. The van der Waals surface area contributed by atoms with Crippen molar-refractivity contribution in [1.29, 1.82) is 0 Å². The van der Waals surface area contributed by atoms with E-state index in [1.165, 1.54) is 5.56 Å². The van der Waals surface area contributed by atoms with Crippen molar-refractivity contribution in [2.24, 2.45) is 0 Å². The third kappa shape index (κ3) is 3.30. The summed E-state index contributed by atoms with van der Waals surface area (Å²) >= 11 is 3.42. The number of hydrogen-bond donors (Lipinski definition) is 2. The summed E-state index contributed by atoms with van der Waals surface area (Å²) < 4.78 is 0.944. The van der Waals surface area contributed by atoms with Gasteiger partial charge in [-0.1, -0.05) is 40.2 Å². The molecular formula is C21H20BrN3O3. The molecule has 2 aromatic rings. The van der Waals surface area contributed by atoms with E-state index in [1.807, 2.05) is 37.3 Å². The van der Waals surface area contributed by atoms with Crippen LogP contribution in [-0.2, 0) is 22.4 Å². The molecule has 1 fully saturated rings. The lowest BCUT2D eigenvalue weighted by Crippen LogP contribution is -2.51. The van der Waals surface area contributed by atoms with Crippen molar-refractivity contribution in [2.45, 2.75) is 31.7 Å². The predicted molar refractivity (Wildman–Crippen MR) is 109 cm³/mol. The molecule has 1 atom stereocenters. The van der Waals surface area contributed by atoms with Crippen LogP contribution < -0.4 is 10.6 Å². The maximum absolute atomic E-state index is 13.0. The standard InChI is InChI=1S/C21H20BrN3O3/c1-13-10-16(6-7-17(13)22)23-18(26)12-25-19(27)21(24-20(25)28)9-8-14-4-2-3-5-15(14)11-21/h2-7,10H,8-9,11-12H2,1H3,(H,23,26)(H,24,28). The summed E-state index contributed by atoms with van der Waals surface area (Å²) in [5.41, 5.74) is 2.93. The maximum atomic E-state index is 13.0. The van der Waals surface area contributed by atoms with Gasteiger partial charge in [-0.3, -0.25) is 14.5 Å². The summed E-state index contributed by atoms with van der Waals surface area (Å²) in [6, 6.07) is 12.9. The summed E-state index contributed by atoms with van der Waals surface area (Å²) in [7, 11) is 0. The fourth-order valence-corrected chi connectivity index (χ4v) is 4.16. The van der Waals surface area contributed by atoms with Crippen LogP contribution in [0.15, 0.2) is 46.9 Å². The molecule has 1 saturated heterocycles. The molecule has 1 heterocycles. The second-order valence-electron chi connectivity index (χ2n) is 7.36. The summed E-state index contributed by atoms with van der Waals surface area (Å²) in [6.07, 6.45) is 1.72. The topological polar surface area (TPSA) is 78.5 Å². The van der Waals surface area contributed by atoms with Gasteiger partial charge in [0, 0.05) is 16.6 Å². The molecule has 144 valence electrons.